The molecule has 3 amide bonds. The molecule has 0 aromatic heterocycles. The zero-order valence-corrected chi connectivity index (χ0v) is 15.6. The Bertz CT molecular complexity index is 763. The molecule has 3 saturated heterocycles. The molecule has 7 nitrogen and oxygen atoms in total. The van der Waals surface area contributed by atoms with Gasteiger partial charge in [0.1, 0.15) is 0 Å². The van der Waals surface area contributed by atoms with Gasteiger partial charge in [-0.15, -0.1) is 0 Å². The van der Waals surface area contributed by atoms with E-state index in [9.17, 15) is 14.4 Å². The lowest BCUT2D eigenvalue weighted by Gasteiger charge is -2.41. The number of fused-ring (bicyclic) bond motifs is 2. The largest absolute Gasteiger partial charge is 0.493 e. The standard InChI is InChI=1S/C20H24N2O5/c1-26-16-6-3-12(9-17(16)27-2)20(25)21-13-4-5-14(21)11-15(10-13)22-18(23)7-8-19(22)24/h3,6,9,13-15H,4-5,7-8,10-11H2,1-2H3. The molecule has 3 fully saturated rings. The van der Waals surface area contributed by atoms with Gasteiger partial charge in [-0.25, -0.2) is 0 Å². The Labute approximate surface area is 158 Å². The van der Waals surface area contributed by atoms with Gasteiger partial charge in [0.15, 0.2) is 11.5 Å². The maximum Gasteiger partial charge on any atom is 0.254 e. The smallest absolute Gasteiger partial charge is 0.254 e. The molecule has 0 radical (unpaired) electrons. The highest BCUT2D eigenvalue weighted by Gasteiger charge is 2.47. The van der Waals surface area contributed by atoms with Crippen molar-refractivity contribution in [3.63, 3.8) is 0 Å². The van der Waals surface area contributed by atoms with Crippen molar-refractivity contribution in [2.75, 3.05) is 14.2 Å². The summed E-state index contributed by atoms with van der Waals surface area (Å²) in [6, 6.07) is 5.26. The third-order valence-electron chi connectivity index (χ3n) is 6.03. The van der Waals surface area contributed by atoms with E-state index < -0.39 is 0 Å². The van der Waals surface area contributed by atoms with E-state index >= 15 is 0 Å². The molecular formula is C20H24N2O5. The van der Waals surface area contributed by atoms with Crippen LogP contribution in [0, 0.1) is 0 Å². The van der Waals surface area contributed by atoms with Crippen LogP contribution in [0.15, 0.2) is 18.2 Å². The summed E-state index contributed by atoms with van der Waals surface area (Å²) in [6.45, 7) is 0. The predicted molar refractivity (Wildman–Crippen MR) is 96.6 cm³/mol. The number of rotatable bonds is 4. The summed E-state index contributed by atoms with van der Waals surface area (Å²) < 4.78 is 10.6. The number of hydrogen-bond acceptors (Lipinski definition) is 5. The number of carbonyl (C=O) groups is 3. The molecule has 1 aromatic rings. The summed E-state index contributed by atoms with van der Waals surface area (Å²) in [7, 11) is 3.11. The molecule has 2 bridgehead atoms. The van der Waals surface area contributed by atoms with Gasteiger partial charge >= 0.3 is 0 Å². The van der Waals surface area contributed by atoms with Gasteiger partial charge in [-0.3, -0.25) is 19.3 Å². The fraction of sp³-hybridized carbons (Fsp3) is 0.550. The molecule has 144 valence electrons. The first kappa shape index (κ1) is 17.8. The Balaban J connectivity index is 1.54. The van der Waals surface area contributed by atoms with Gasteiger partial charge in [-0.05, 0) is 43.9 Å². The molecular weight excluding hydrogens is 348 g/mol. The molecule has 0 spiro atoms. The number of hydrogen-bond donors (Lipinski definition) is 0. The van der Waals surface area contributed by atoms with E-state index in [0.29, 0.717) is 42.7 Å². The number of amides is 3. The Morgan fingerprint density at radius 2 is 1.52 bits per heavy atom. The molecule has 0 saturated carbocycles. The molecule has 27 heavy (non-hydrogen) atoms. The highest BCUT2D eigenvalue weighted by atomic mass is 16.5. The zero-order chi connectivity index (χ0) is 19.1. The second-order valence-corrected chi connectivity index (χ2v) is 7.45. The van der Waals surface area contributed by atoms with Crippen LogP contribution in [0.25, 0.3) is 0 Å². The highest BCUT2D eigenvalue weighted by Crippen LogP contribution is 2.40. The van der Waals surface area contributed by atoms with Crippen molar-refractivity contribution in [3.8, 4) is 11.5 Å². The fourth-order valence-corrected chi connectivity index (χ4v) is 4.81. The first-order valence-electron chi connectivity index (χ1n) is 9.43. The Kier molecular flexibility index (Phi) is 4.53. The minimum Gasteiger partial charge on any atom is -0.493 e. The second-order valence-electron chi connectivity index (χ2n) is 7.45. The van der Waals surface area contributed by atoms with E-state index in [2.05, 4.69) is 0 Å². The third-order valence-corrected chi connectivity index (χ3v) is 6.03. The number of ether oxygens (including phenoxy) is 2. The Morgan fingerprint density at radius 3 is 2.07 bits per heavy atom. The molecule has 3 aliphatic rings. The molecule has 0 aliphatic carbocycles. The van der Waals surface area contributed by atoms with Gasteiger partial charge in [0.2, 0.25) is 11.8 Å². The number of methoxy groups -OCH3 is 2. The van der Waals surface area contributed by atoms with Crippen LogP contribution < -0.4 is 9.47 Å². The van der Waals surface area contributed by atoms with Gasteiger partial charge in [0, 0.05) is 36.5 Å². The maximum absolute atomic E-state index is 13.2. The van der Waals surface area contributed by atoms with E-state index in [1.54, 1.807) is 32.4 Å². The van der Waals surface area contributed by atoms with Crippen molar-refractivity contribution < 1.29 is 23.9 Å². The van der Waals surface area contributed by atoms with Crippen molar-refractivity contribution in [1.29, 1.82) is 0 Å². The molecule has 0 N–H and O–H groups in total. The Morgan fingerprint density at radius 1 is 0.926 bits per heavy atom. The van der Waals surface area contributed by atoms with Gasteiger partial charge in [0.25, 0.3) is 5.91 Å². The van der Waals surface area contributed by atoms with E-state index in [-0.39, 0.29) is 35.8 Å². The minimum atomic E-state index is -0.0700. The summed E-state index contributed by atoms with van der Waals surface area (Å²) in [6.07, 6.45) is 3.81. The second kappa shape index (κ2) is 6.87. The fourth-order valence-electron chi connectivity index (χ4n) is 4.81. The van der Waals surface area contributed by atoms with E-state index in [4.69, 9.17) is 9.47 Å². The summed E-state index contributed by atoms with van der Waals surface area (Å²) in [5, 5.41) is 0. The number of benzene rings is 1. The van der Waals surface area contributed by atoms with Crippen LogP contribution in [0.4, 0.5) is 0 Å². The van der Waals surface area contributed by atoms with Crippen molar-refractivity contribution >= 4 is 17.7 Å². The van der Waals surface area contributed by atoms with Crippen LogP contribution in [0.1, 0.15) is 48.9 Å². The molecule has 1 aromatic carbocycles. The van der Waals surface area contributed by atoms with Crippen molar-refractivity contribution in [3.05, 3.63) is 23.8 Å². The van der Waals surface area contributed by atoms with Crippen molar-refractivity contribution in [2.24, 2.45) is 0 Å². The van der Waals surface area contributed by atoms with Crippen LogP contribution >= 0.6 is 0 Å². The van der Waals surface area contributed by atoms with Crippen LogP contribution in [0.2, 0.25) is 0 Å². The van der Waals surface area contributed by atoms with Gasteiger partial charge in [-0.2, -0.15) is 0 Å². The molecule has 3 aliphatic heterocycles. The van der Waals surface area contributed by atoms with Crippen LogP contribution in [-0.2, 0) is 9.59 Å². The van der Waals surface area contributed by atoms with Crippen molar-refractivity contribution in [1.82, 2.24) is 9.80 Å². The van der Waals surface area contributed by atoms with Crippen LogP contribution in [-0.4, -0.2) is 59.9 Å². The van der Waals surface area contributed by atoms with Gasteiger partial charge in [-0.1, -0.05) is 0 Å². The molecule has 4 rings (SSSR count). The van der Waals surface area contributed by atoms with Crippen molar-refractivity contribution in [2.45, 2.75) is 56.7 Å². The van der Waals surface area contributed by atoms with E-state index in [0.717, 1.165) is 12.8 Å². The minimum absolute atomic E-state index is 0.0269. The van der Waals surface area contributed by atoms with Gasteiger partial charge in [0.05, 0.1) is 14.2 Å². The first-order chi connectivity index (χ1) is 13.0. The summed E-state index contributed by atoms with van der Waals surface area (Å²) in [5.41, 5.74) is 0.566. The third kappa shape index (κ3) is 2.95. The summed E-state index contributed by atoms with van der Waals surface area (Å²) in [4.78, 5) is 40.7. The SMILES string of the molecule is COc1ccc(C(=O)N2C3CCC2CC(N2C(=O)CCC2=O)C3)cc1OC. The predicted octanol–water partition coefficient (Wildman–Crippen LogP) is 1.99. The average molecular weight is 372 g/mol. The highest BCUT2D eigenvalue weighted by molar-refractivity contribution is 6.02. The topological polar surface area (TPSA) is 76.2 Å². The molecule has 3 heterocycles. The van der Waals surface area contributed by atoms with E-state index in [1.165, 1.54) is 4.90 Å². The first-order valence-corrected chi connectivity index (χ1v) is 9.43. The number of nitrogens with zero attached hydrogens (tertiary/aromatic N) is 2. The lowest BCUT2D eigenvalue weighted by molar-refractivity contribution is -0.142. The zero-order valence-electron chi connectivity index (χ0n) is 15.6. The van der Waals surface area contributed by atoms with Crippen LogP contribution in [0.3, 0.4) is 0 Å². The monoisotopic (exact) mass is 372 g/mol. The van der Waals surface area contributed by atoms with E-state index in [1.807, 2.05) is 4.90 Å². The number of imide groups is 1. The normalized spacial score (nSPS) is 27.3. The number of likely N-dealkylation sites (tertiary alicyclic amines) is 1. The molecule has 2 atom stereocenters. The number of carbonyl (C=O) groups excluding carboxylic acids is 3. The summed E-state index contributed by atoms with van der Waals surface area (Å²) >= 11 is 0. The van der Waals surface area contributed by atoms with Gasteiger partial charge < -0.3 is 14.4 Å². The maximum atomic E-state index is 13.2. The summed E-state index contributed by atoms with van der Waals surface area (Å²) in [5.74, 6) is 0.953. The Hall–Kier alpha value is -2.57. The van der Waals surface area contributed by atoms with Crippen LogP contribution in [0.5, 0.6) is 11.5 Å². The molecule has 7 heteroatoms. The average Bonchev–Trinajstić information content (AvgIpc) is 3.15. The lowest BCUT2D eigenvalue weighted by atomic mass is 9.95. The molecule has 2 unspecified atom stereocenters. The quantitative estimate of drug-likeness (QED) is 0.756. The lowest BCUT2D eigenvalue weighted by Crippen LogP contribution is -2.53. The number of piperidine rings is 1.